The molecule has 0 aliphatic carbocycles. The standard InChI is InChI=1S/C18H34N2O4/c1-9-17(10-2,15(21)23-7)13(5)19-20-14(6)18(11-3,12-4)16(22)24-8/h13-14H,9-12H2,1-8H3. The van der Waals surface area contributed by atoms with Crippen LogP contribution in [-0.4, -0.2) is 38.2 Å². The van der Waals surface area contributed by atoms with Crippen molar-refractivity contribution in [3.05, 3.63) is 0 Å². The smallest absolute Gasteiger partial charge is 0.314 e. The van der Waals surface area contributed by atoms with Crippen LogP contribution in [0.25, 0.3) is 0 Å². The van der Waals surface area contributed by atoms with Gasteiger partial charge in [0, 0.05) is 0 Å². The number of methoxy groups -OCH3 is 2. The second-order valence-electron chi connectivity index (χ2n) is 6.29. The number of carbonyl (C=O) groups excluding carboxylic acids is 2. The Morgan fingerprint density at radius 1 is 0.750 bits per heavy atom. The van der Waals surface area contributed by atoms with E-state index < -0.39 is 10.8 Å². The fourth-order valence-electron chi connectivity index (χ4n) is 3.43. The van der Waals surface area contributed by atoms with Crippen LogP contribution in [0.3, 0.4) is 0 Å². The first-order valence-corrected chi connectivity index (χ1v) is 8.82. The number of rotatable bonds is 10. The van der Waals surface area contributed by atoms with Gasteiger partial charge in [0.1, 0.15) is 0 Å². The number of nitrogens with zero attached hydrogens (tertiary/aromatic N) is 2. The molecule has 6 heteroatoms. The fourth-order valence-corrected chi connectivity index (χ4v) is 3.43. The van der Waals surface area contributed by atoms with Gasteiger partial charge in [-0.1, -0.05) is 27.7 Å². The molecule has 0 aromatic carbocycles. The van der Waals surface area contributed by atoms with Crippen LogP contribution in [0.2, 0.25) is 0 Å². The maximum Gasteiger partial charge on any atom is 0.314 e. The first-order chi connectivity index (χ1) is 11.3. The molecule has 2 unspecified atom stereocenters. The van der Waals surface area contributed by atoms with E-state index >= 15 is 0 Å². The van der Waals surface area contributed by atoms with Gasteiger partial charge in [-0.2, -0.15) is 10.2 Å². The molecule has 2 atom stereocenters. The highest BCUT2D eigenvalue weighted by Gasteiger charge is 2.44. The van der Waals surface area contributed by atoms with Crippen molar-refractivity contribution in [3.8, 4) is 0 Å². The number of ether oxygens (including phenoxy) is 2. The normalized spacial score (nSPS) is 15.2. The maximum absolute atomic E-state index is 12.2. The SMILES string of the molecule is CCC(CC)(C(=O)OC)C(C)N=NC(C)C(CC)(CC)C(=O)OC. The van der Waals surface area contributed by atoms with Gasteiger partial charge in [0.05, 0.1) is 37.1 Å². The van der Waals surface area contributed by atoms with Gasteiger partial charge in [-0.3, -0.25) is 9.59 Å². The lowest BCUT2D eigenvalue weighted by molar-refractivity contribution is -0.156. The molecule has 0 amide bonds. The predicted octanol–water partition coefficient (Wildman–Crippen LogP) is 4.17. The number of azo groups is 1. The van der Waals surface area contributed by atoms with Gasteiger partial charge < -0.3 is 9.47 Å². The van der Waals surface area contributed by atoms with E-state index in [0.29, 0.717) is 25.7 Å². The molecule has 140 valence electrons. The van der Waals surface area contributed by atoms with Gasteiger partial charge in [-0.15, -0.1) is 0 Å². The molecule has 0 rings (SSSR count). The largest absolute Gasteiger partial charge is 0.469 e. The van der Waals surface area contributed by atoms with Gasteiger partial charge in [0.2, 0.25) is 0 Å². The lowest BCUT2D eigenvalue weighted by Gasteiger charge is -2.34. The van der Waals surface area contributed by atoms with Crippen molar-refractivity contribution >= 4 is 11.9 Å². The molecular formula is C18H34N2O4. The lowest BCUT2D eigenvalue weighted by atomic mass is 9.76. The van der Waals surface area contributed by atoms with Gasteiger partial charge in [0.25, 0.3) is 0 Å². The number of hydrogen-bond donors (Lipinski definition) is 0. The molecule has 0 aliphatic rings. The highest BCUT2D eigenvalue weighted by Crippen LogP contribution is 2.37. The molecule has 0 aromatic heterocycles. The molecule has 0 saturated carbocycles. The predicted molar refractivity (Wildman–Crippen MR) is 93.8 cm³/mol. The second kappa shape index (κ2) is 9.74. The van der Waals surface area contributed by atoms with E-state index in [2.05, 4.69) is 10.2 Å². The summed E-state index contributed by atoms with van der Waals surface area (Å²) in [4.78, 5) is 24.5. The molecule has 0 fully saturated rings. The van der Waals surface area contributed by atoms with Crippen LogP contribution >= 0.6 is 0 Å². The Kier molecular flexibility index (Phi) is 9.15. The van der Waals surface area contributed by atoms with Crippen molar-refractivity contribution in [2.75, 3.05) is 14.2 Å². The van der Waals surface area contributed by atoms with Crippen molar-refractivity contribution in [2.24, 2.45) is 21.1 Å². The first-order valence-electron chi connectivity index (χ1n) is 8.82. The Morgan fingerprint density at radius 2 is 1.00 bits per heavy atom. The van der Waals surface area contributed by atoms with Crippen LogP contribution in [0.15, 0.2) is 10.2 Å². The van der Waals surface area contributed by atoms with Crippen molar-refractivity contribution < 1.29 is 19.1 Å². The first kappa shape index (κ1) is 22.5. The van der Waals surface area contributed by atoms with E-state index in [1.807, 2.05) is 41.5 Å². The summed E-state index contributed by atoms with van der Waals surface area (Å²) in [5, 5.41) is 8.80. The summed E-state index contributed by atoms with van der Waals surface area (Å²) in [6.45, 7) is 11.6. The summed E-state index contributed by atoms with van der Waals surface area (Å²) in [6, 6.07) is -0.655. The Hall–Kier alpha value is -1.46. The molecule has 0 radical (unpaired) electrons. The van der Waals surface area contributed by atoms with Crippen LogP contribution in [-0.2, 0) is 19.1 Å². The Balaban J connectivity index is 5.55. The van der Waals surface area contributed by atoms with E-state index in [4.69, 9.17) is 9.47 Å². The van der Waals surface area contributed by atoms with Gasteiger partial charge in [-0.25, -0.2) is 0 Å². The second-order valence-corrected chi connectivity index (χ2v) is 6.29. The summed E-state index contributed by atoms with van der Waals surface area (Å²) < 4.78 is 9.95. The quantitative estimate of drug-likeness (QED) is 0.441. The molecule has 0 aromatic rings. The molecular weight excluding hydrogens is 308 g/mol. The topological polar surface area (TPSA) is 77.3 Å². The third kappa shape index (κ3) is 4.14. The molecule has 0 saturated heterocycles. The van der Waals surface area contributed by atoms with Crippen molar-refractivity contribution in [1.82, 2.24) is 0 Å². The minimum atomic E-state index is -0.690. The Morgan fingerprint density at radius 3 is 1.17 bits per heavy atom. The number of esters is 2. The van der Waals surface area contributed by atoms with Gasteiger partial charge in [0.15, 0.2) is 0 Å². The van der Waals surface area contributed by atoms with Crippen molar-refractivity contribution in [3.63, 3.8) is 0 Å². The van der Waals surface area contributed by atoms with Crippen LogP contribution in [0.4, 0.5) is 0 Å². The third-order valence-electron chi connectivity index (χ3n) is 5.72. The van der Waals surface area contributed by atoms with Gasteiger partial charge >= 0.3 is 11.9 Å². The molecule has 0 spiro atoms. The van der Waals surface area contributed by atoms with E-state index in [9.17, 15) is 9.59 Å². The number of hydrogen-bond acceptors (Lipinski definition) is 6. The minimum Gasteiger partial charge on any atom is -0.469 e. The van der Waals surface area contributed by atoms with Crippen LogP contribution in [0.1, 0.15) is 67.2 Å². The Bertz CT molecular complexity index is 400. The molecule has 0 N–H and O–H groups in total. The molecule has 0 bridgehead atoms. The van der Waals surface area contributed by atoms with Crippen molar-refractivity contribution in [2.45, 2.75) is 79.3 Å². The van der Waals surface area contributed by atoms with Crippen LogP contribution in [0, 0.1) is 10.8 Å². The molecule has 6 nitrogen and oxygen atoms in total. The van der Waals surface area contributed by atoms with E-state index in [1.165, 1.54) is 14.2 Å². The maximum atomic E-state index is 12.2. The fraction of sp³-hybridized carbons (Fsp3) is 0.889. The molecule has 0 aliphatic heterocycles. The lowest BCUT2D eigenvalue weighted by Crippen LogP contribution is -2.41. The average molecular weight is 342 g/mol. The van der Waals surface area contributed by atoms with E-state index in [0.717, 1.165) is 0 Å². The van der Waals surface area contributed by atoms with E-state index in [1.54, 1.807) is 0 Å². The molecule has 24 heavy (non-hydrogen) atoms. The monoisotopic (exact) mass is 342 g/mol. The summed E-state index contributed by atoms with van der Waals surface area (Å²) in [6.07, 6.45) is 2.48. The highest BCUT2D eigenvalue weighted by molar-refractivity contribution is 5.78. The summed E-state index contributed by atoms with van der Waals surface area (Å²) in [7, 11) is 2.79. The third-order valence-corrected chi connectivity index (χ3v) is 5.72. The van der Waals surface area contributed by atoms with Gasteiger partial charge in [-0.05, 0) is 39.5 Å². The Labute approximate surface area is 146 Å². The zero-order valence-corrected chi connectivity index (χ0v) is 16.5. The van der Waals surface area contributed by atoms with Crippen molar-refractivity contribution in [1.29, 1.82) is 0 Å². The zero-order chi connectivity index (χ0) is 19.0. The summed E-state index contributed by atoms with van der Waals surface area (Å²) in [5.41, 5.74) is -1.38. The van der Waals surface area contributed by atoms with E-state index in [-0.39, 0.29) is 24.0 Å². The average Bonchev–Trinajstić information content (AvgIpc) is 2.62. The number of carbonyl (C=O) groups is 2. The summed E-state index contributed by atoms with van der Waals surface area (Å²) >= 11 is 0. The molecule has 0 heterocycles. The minimum absolute atomic E-state index is 0.267. The van der Waals surface area contributed by atoms with Crippen LogP contribution in [0.5, 0.6) is 0 Å². The highest BCUT2D eigenvalue weighted by atomic mass is 16.5. The zero-order valence-electron chi connectivity index (χ0n) is 16.5. The van der Waals surface area contributed by atoms with Crippen LogP contribution < -0.4 is 0 Å². The summed E-state index contributed by atoms with van der Waals surface area (Å²) in [5.74, 6) is -0.534.